The Balaban J connectivity index is 1.69. The van der Waals surface area contributed by atoms with Gasteiger partial charge in [0, 0.05) is 13.5 Å². The fourth-order valence-corrected chi connectivity index (χ4v) is 6.68. The molecule has 2 atom stereocenters. The molecule has 4 saturated carbocycles. The molecule has 0 saturated heterocycles. The maximum absolute atomic E-state index is 4.35. The van der Waals surface area contributed by atoms with E-state index in [1.54, 1.807) is 0 Å². The highest BCUT2D eigenvalue weighted by molar-refractivity contribution is 5.12. The second kappa shape index (κ2) is 3.42. The molecule has 5 rings (SSSR count). The third kappa shape index (κ3) is 1.77. The van der Waals surface area contributed by atoms with Crippen molar-refractivity contribution in [2.45, 2.75) is 58.8 Å². The standard InChI is InChI=1S/C16H25N3/c1-14-4-12-5-15(2,8-14)10-16(6-12,9-14)7-13-18-17-11-19(13)3/h11-12H,4-10H2,1-3H3. The lowest BCUT2D eigenvalue weighted by atomic mass is 9.40. The second-order valence-corrected chi connectivity index (χ2v) is 8.66. The van der Waals surface area contributed by atoms with Gasteiger partial charge < -0.3 is 4.57 Å². The van der Waals surface area contributed by atoms with E-state index in [4.69, 9.17) is 0 Å². The van der Waals surface area contributed by atoms with Gasteiger partial charge in [-0.25, -0.2) is 0 Å². The molecular formula is C16H25N3. The zero-order valence-electron chi connectivity index (χ0n) is 12.4. The zero-order valence-corrected chi connectivity index (χ0v) is 12.4. The van der Waals surface area contributed by atoms with Crippen molar-refractivity contribution in [2.24, 2.45) is 29.2 Å². The summed E-state index contributed by atoms with van der Waals surface area (Å²) < 4.78 is 2.11. The molecule has 104 valence electrons. The summed E-state index contributed by atoms with van der Waals surface area (Å²) >= 11 is 0. The summed E-state index contributed by atoms with van der Waals surface area (Å²) in [5.74, 6) is 2.16. The topological polar surface area (TPSA) is 30.7 Å². The molecule has 19 heavy (non-hydrogen) atoms. The van der Waals surface area contributed by atoms with Crippen LogP contribution >= 0.6 is 0 Å². The van der Waals surface area contributed by atoms with Gasteiger partial charge in [0.25, 0.3) is 0 Å². The fourth-order valence-electron chi connectivity index (χ4n) is 6.68. The molecule has 0 amide bonds. The number of hydrogen-bond acceptors (Lipinski definition) is 2. The first-order valence-corrected chi connectivity index (χ1v) is 7.72. The zero-order chi connectivity index (χ0) is 13.3. The lowest BCUT2D eigenvalue weighted by Crippen LogP contribution is -2.55. The molecular weight excluding hydrogens is 234 g/mol. The average Bonchev–Trinajstić information content (AvgIpc) is 2.57. The Kier molecular flexibility index (Phi) is 2.15. The highest BCUT2D eigenvalue weighted by atomic mass is 15.2. The van der Waals surface area contributed by atoms with Crippen LogP contribution < -0.4 is 0 Å². The van der Waals surface area contributed by atoms with E-state index in [1.165, 1.54) is 44.3 Å². The molecule has 0 aliphatic heterocycles. The van der Waals surface area contributed by atoms with Crippen molar-refractivity contribution in [2.75, 3.05) is 0 Å². The number of hydrogen-bond donors (Lipinski definition) is 0. The van der Waals surface area contributed by atoms with Crippen molar-refractivity contribution in [1.29, 1.82) is 0 Å². The second-order valence-electron chi connectivity index (χ2n) is 8.66. The molecule has 0 N–H and O–H groups in total. The van der Waals surface area contributed by atoms with E-state index >= 15 is 0 Å². The predicted octanol–water partition coefficient (Wildman–Crippen LogP) is 3.35. The van der Waals surface area contributed by atoms with Crippen LogP contribution in [0.15, 0.2) is 6.33 Å². The molecule has 1 aromatic rings. The minimum atomic E-state index is 0.518. The van der Waals surface area contributed by atoms with Gasteiger partial charge in [-0.2, -0.15) is 0 Å². The van der Waals surface area contributed by atoms with Crippen molar-refractivity contribution in [3.05, 3.63) is 12.2 Å². The van der Waals surface area contributed by atoms with Gasteiger partial charge in [0.2, 0.25) is 0 Å². The minimum Gasteiger partial charge on any atom is -0.321 e. The Labute approximate surface area is 115 Å². The third-order valence-electron chi connectivity index (χ3n) is 6.08. The van der Waals surface area contributed by atoms with Crippen LogP contribution in [-0.2, 0) is 13.5 Å². The monoisotopic (exact) mass is 259 g/mol. The first kappa shape index (κ1) is 11.9. The van der Waals surface area contributed by atoms with Crippen molar-refractivity contribution in [1.82, 2.24) is 14.8 Å². The predicted molar refractivity (Wildman–Crippen MR) is 74.5 cm³/mol. The summed E-state index contributed by atoms with van der Waals surface area (Å²) in [4.78, 5) is 0. The largest absolute Gasteiger partial charge is 0.321 e. The Hall–Kier alpha value is -0.860. The van der Waals surface area contributed by atoms with Crippen LogP contribution in [-0.4, -0.2) is 14.8 Å². The normalized spacial score (nSPS) is 47.8. The van der Waals surface area contributed by atoms with Gasteiger partial charge in [-0.05, 0) is 60.7 Å². The highest BCUT2D eigenvalue weighted by Gasteiger charge is 2.60. The van der Waals surface area contributed by atoms with Gasteiger partial charge in [-0.15, -0.1) is 10.2 Å². The van der Waals surface area contributed by atoms with Gasteiger partial charge in [0.05, 0.1) is 0 Å². The number of aryl methyl sites for hydroxylation is 1. The van der Waals surface area contributed by atoms with Crippen LogP contribution in [0, 0.1) is 22.2 Å². The van der Waals surface area contributed by atoms with Crippen molar-refractivity contribution in [3.8, 4) is 0 Å². The van der Waals surface area contributed by atoms with E-state index in [0.717, 1.165) is 12.3 Å². The van der Waals surface area contributed by atoms with Crippen LogP contribution in [0.1, 0.15) is 58.2 Å². The molecule has 4 aliphatic carbocycles. The molecule has 2 unspecified atom stereocenters. The Morgan fingerprint density at radius 1 is 1.16 bits per heavy atom. The molecule has 0 spiro atoms. The molecule has 1 heterocycles. The first-order chi connectivity index (χ1) is 8.90. The van der Waals surface area contributed by atoms with Gasteiger partial charge in [0.15, 0.2) is 0 Å². The molecule has 4 bridgehead atoms. The summed E-state index contributed by atoms with van der Waals surface area (Å²) in [5.41, 5.74) is 1.73. The van der Waals surface area contributed by atoms with E-state index in [-0.39, 0.29) is 0 Å². The van der Waals surface area contributed by atoms with Crippen molar-refractivity contribution < 1.29 is 0 Å². The maximum atomic E-state index is 4.35. The summed E-state index contributed by atoms with van der Waals surface area (Å²) in [5, 5.41) is 8.42. The van der Waals surface area contributed by atoms with E-state index in [0.29, 0.717) is 16.2 Å². The van der Waals surface area contributed by atoms with Crippen LogP contribution in [0.25, 0.3) is 0 Å². The Bertz CT molecular complexity index is 500. The summed E-state index contributed by atoms with van der Waals surface area (Å²) in [7, 11) is 2.08. The van der Waals surface area contributed by atoms with Gasteiger partial charge in [0.1, 0.15) is 12.2 Å². The fraction of sp³-hybridized carbons (Fsp3) is 0.875. The van der Waals surface area contributed by atoms with E-state index in [1.807, 2.05) is 6.33 Å². The van der Waals surface area contributed by atoms with Gasteiger partial charge in [-0.3, -0.25) is 0 Å². The van der Waals surface area contributed by atoms with Crippen LogP contribution in [0.2, 0.25) is 0 Å². The smallest absolute Gasteiger partial charge is 0.133 e. The summed E-state index contributed by atoms with van der Waals surface area (Å²) in [6.45, 7) is 5.09. The van der Waals surface area contributed by atoms with E-state index in [2.05, 4.69) is 35.7 Å². The number of nitrogens with zero attached hydrogens (tertiary/aromatic N) is 3. The van der Waals surface area contributed by atoms with Crippen LogP contribution in [0.4, 0.5) is 0 Å². The maximum Gasteiger partial charge on any atom is 0.133 e. The lowest BCUT2D eigenvalue weighted by Gasteiger charge is -2.65. The Morgan fingerprint density at radius 3 is 2.37 bits per heavy atom. The van der Waals surface area contributed by atoms with E-state index in [9.17, 15) is 0 Å². The lowest BCUT2D eigenvalue weighted by molar-refractivity contribution is -0.145. The molecule has 3 nitrogen and oxygen atoms in total. The van der Waals surface area contributed by atoms with Gasteiger partial charge in [-0.1, -0.05) is 13.8 Å². The SMILES string of the molecule is Cn1cnnc1CC12CC3CC(C)(CC(C)(C3)C1)C2. The van der Waals surface area contributed by atoms with Crippen LogP contribution in [0.5, 0.6) is 0 Å². The average molecular weight is 259 g/mol. The van der Waals surface area contributed by atoms with Crippen LogP contribution in [0.3, 0.4) is 0 Å². The first-order valence-electron chi connectivity index (χ1n) is 7.72. The molecule has 4 fully saturated rings. The molecule has 1 aromatic heterocycles. The summed E-state index contributed by atoms with van der Waals surface area (Å²) in [6, 6.07) is 0. The molecule has 0 radical (unpaired) electrons. The Morgan fingerprint density at radius 2 is 1.84 bits per heavy atom. The quantitative estimate of drug-likeness (QED) is 0.815. The number of rotatable bonds is 2. The summed E-state index contributed by atoms with van der Waals surface area (Å²) in [6.07, 6.45) is 11.7. The molecule has 0 aromatic carbocycles. The minimum absolute atomic E-state index is 0.518. The van der Waals surface area contributed by atoms with Gasteiger partial charge >= 0.3 is 0 Å². The van der Waals surface area contributed by atoms with Crippen molar-refractivity contribution >= 4 is 0 Å². The highest BCUT2D eigenvalue weighted by Crippen LogP contribution is 2.70. The third-order valence-corrected chi connectivity index (χ3v) is 6.08. The number of aromatic nitrogens is 3. The van der Waals surface area contributed by atoms with Crippen molar-refractivity contribution in [3.63, 3.8) is 0 Å². The van der Waals surface area contributed by atoms with E-state index < -0.39 is 0 Å². The molecule has 3 heteroatoms. The molecule has 4 aliphatic rings.